The second-order valence-electron chi connectivity index (χ2n) is 5.25. The van der Waals surface area contributed by atoms with E-state index in [0.717, 1.165) is 12.7 Å². The average Bonchev–Trinajstić information content (AvgIpc) is 2.62. The summed E-state index contributed by atoms with van der Waals surface area (Å²) >= 11 is 0. The van der Waals surface area contributed by atoms with Gasteiger partial charge in [0.25, 0.3) is 0 Å². The SMILES string of the molecule is COC(=O)C(=[N+]=[N-])[C@H](NS(=O)(=O)c1ccc(C)cc1)c1ccccc1. The molecule has 8 heteroatoms. The molecule has 2 aromatic carbocycles. The highest BCUT2D eigenvalue weighted by Crippen LogP contribution is 2.19. The van der Waals surface area contributed by atoms with Gasteiger partial charge in [0, 0.05) is 0 Å². The van der Waals surface area contributed by atoms with Crippen LogP contribution in [0.3, 0.4) is 0 Å². The summed E-state index contributed by atoms with van der Waals surface area (Å²) in [5, 5.41) is 0. The maximum Gasteiger partial charge on any atom is 0.418 e. The number of esters is 1. The van der Waals surface area contributed by atoms with Gasteiger partial charge in [-0.05, 0) is 24.6 Å². The zero-order valence-electron chi connectivity index (χ0n) is 13.7. The van der Waals surface area contributed by atoms with Crippen molar-refractivity contribution < 1.29 is 22.7 Å². The van der Waals surface area contributed by atoms with E-state index in [1.54, 1.807) is 42.5 Å². The standard InChI is InChI=1S/C17H17N3O4S/c1-12-8-10-14(11-9-12)25(22,23)20-15(13-6-4-3-5-7-13)16(19-18)17(21)24-2/h3-11,15,20H,1-2H3/t15-/m1/s1. The summed E-state index contributed by atoms with van der Waals surface area (Å²) in [7, 11) is -2.86. The van der Waals surface area contributed by atoms with E-state index >= 15 is 0 Å². The van der Waals surface area contributed by atoms with Crippen molar-refractivity contribution in [2.24, 2.45) is 0 Å². The Morgan fingerprint density at radius 3 is 2.24 bits per heavy atom. The first-order valence-corrected chi connectivity index (χ1v) is 8.81. The minimum absolute atomic E-state index is 0.0289. The van der Waals surface area contributed by atoms with E-state index in [9.17, 15) is 18.7 Å². The minimum Gasteiger partial charge on any atom is -0.460 e. The maximum atomic E-state index is 12.7. The Balaban J connectivity index is 2.48. The Morgan fingerprint density at radius 1 is 1.12 bits per heavy atom. The molecule has 0 spiro atoms. The van der Waals surface area contributed by atoms with Crippen LogP contribution in [0.1, 0.15) is 17.2 Å². The van der Waals surface area contributed by atoms with Crippen molar-refractivity contribution >= 4 is 21.7 Å². The molecule has 0 fully saturated rings. The van der Waals surface area contributed by atoms with Crippen LogP contribution < -0.4 is 4.72 Å². The van der Waals surface area contributed by atoms with Gasteiger partial charge in [-0.3, -0.25) is 0 Å². The van der Waals surface area contributed by atoms with Gasteiger partial charge in [0.1, 0.15) is 0 Å². The number of nitrogens with one attached hydrogen (secondary N) is 1. The Kier molecular flexibility index (Phi) is 5.82. The zero-order chi connectivity index (χ0) is 18.4. The van der Waals surface area contributed by atoms with Crippen molar-refractivity contribution in [2.75, 3.05) is 7.11 Å². The van der Waals surface area contributed by atoms with Crippen molar-refractivity contribution in [3.8, 4) is 0 Å². The van der Waals surface area contributed by atoms with Gasteiger partial charge in [0.15, 0.2) is 6.04 Å². The first-order chi connectivity index (χ1) is 11.9. The van der Waals surface area contributed by atoms with E-state index in [1.165, 1.54) is 12.1 Å². The molecule has 1 atom stereocenters. The Morgan fingerprint density at radius 2 is 1.72 bits per heavy atom. The highest BCUT2D eigenvalue weighted by molar-refractivity contribution is 7.89. The summed E-state index contributed by atoms with van der Waals surface area (Å²) in [6.45, 7) is 1.84. The van der Waals surface area contributed by atoms with Crippen molar-refractivity contribution in [1.29, 1.82) is 0 Å². The number of hydrogen-bond acceptors (Lipinski definition) is 4. The van der Waals surface area contributed by atoms with Crippen molar-refractivity contribution in [2.45, 2.75) is 17.9 Å². The molecular formula is C17H17N3O4S. The predicted molar refractivity (Wildman–Crippen MR) is 91.3 cm³/mol. The van der Waals surface area contributed by atoms with Crippen LogP contribution in [0, 0.1) is 6.92 Å². The molecule has 0 aromatic heterocycles. The fourth-order valence-corrected chi connectivity index (χ4v) is 3.38. The lowest BCUT2D eigenvalue weighted by Gasteiger charge is -2.15. The predicted octanol–water partition coefficient (Wildman–Crippen LogP) is 1.86. The third-order valence-corrected chi connectivity index (χ3v) is 4.95. The lowest BCUT2D eigenvalue weighted by molar-refractivity contribution is -0.138. The van der Waals surface area contributed by atoms with Gasteiger partial charge in [-0.15, -0.1) is 0 Å². The molecule has 0 aliphatic carbocycles. The molecule has 0 saturated heterocycles. The van der Waals surface area contributed by atoms with E-state index in [4.69, 9.17) is 0 Å². The van der Waals surface area contributed by atoms with Gasteiger partial charge in [-0.25, -0.2) is 13.2 Å². The van der Waals surface area contributed by atoms with Crippen LogP contribution in [0.15, 0.2) is 59.5 Å². The summed E-state index contributed by atoms with van der Waals surface area (Å²) in [6, 6.07) is 13.3. The number of rotatable bonds is 6. The van der Waals surface area contributed by atoms with Gasteiger partial charge in [-0.2, -0.15) is 9.51 Å². The summed E-state index contributed by atoms with van der Waals surface area (Å²) in [6.07, 6.45) is 0. The molecule has 0 amide bonds. The van der Waals surface area contributed by atoms with E-state index in [2.05, 4.69) is 14.2 Å². The Labute approximate surface area is 145 Å². The average molecular weight is 359 g/mol. The maximum absolute atomic E-state index is 12.7. The summed E-state index contributed by atoms with van der Waals surface area (Å²) in [5.41, 5.74) is 10.1. The Bertz CT molecular complexity index is 903. The van der Waals surface area contributed by atoms with Gasteiger partial charge < -0.3 is 10.3 Å². The van der Waals surface area contributed by atoms with E-state index in [-0.39, 0.29) is 4.90 Å². The van der Waals surface area contributed by atoms with Crippen LogP contribution in [0.2, 0.25) is 0 Å². The van der Waals surface area contributed by atoms with Crippen LogP contribution in [0.25, 0.3) is 5.53 Å². The van der Waals surface area contributed by atoms with Crippen LogP contribution in [-0.4, -0.2) is 32.0 Å². The lowest BCUT2D eigenvalue weighted by Crippen LogP contribution is -2.38. The van der Waals surface area contributed by atoms with Crippen LogP contribution in [0.5, 0.6) is 0 Å². The number of sulfonamides is 1. The third-order valence-electron chi connectivity index (χ3n) is 3.51. The van der Waals surface area contributed by atoms with E-state index < -0.39 is 27.7 Å². The first-order valence-electron chi connectivity index (χ1n) is 7.33. The van der Waals surface area contributed by atoms with E-state index in [1.807, 2.05) is 6.92 Å². The Hall–Kier alpha value is -2.80. The highest BCUT2D eigenvalue weighted by atomic mass is 32.2. The van der Waals surface area contributed by atoms with Crippen molar-refractivity contribution in [1.82, 2.24) is 4.72 Å². The molecule has 25 heavy (non-hydrogen) atoms. The van der Waals surface area contributed by atoms with Crippen LogP contribution >= 0.6 is 0 Å². The zero-order valence-corrected chi connectivity index (χ0v) is 14.5. The van der Waals surface area contributed by atoms with Gasteiger partial charge in [0.05, 0.1) is 12.0 Å². The molecule has 0 saturated carbocycles. The number of benzene rings is 2. The molecule has 0 bridgehead atoms. The molecule has 0 aliphatic rings. The number of carbonyl (C=O) groups is 1. The second-order valence-corrected chi connectivity index (χ2v) is 6.97. The lowest BCUT2D eigenvalue weighted by atomic mass is 10.0. The van der Waals surface area contributed by atoms with Gasteiger partial charge in [-0.1, -0.05) is 48.0 Å². The molecule has 2 aromatic rings. The van der Waals surface area contributed by atoms with E-state index in [0.29, 0.717) is 5.56 Å². The minimum atomic E-state index is -3.97. The number of carbonyl (C=O) groups excluding carboxylic acids is 1. The second kappa shape index (κ2) is 7.85. The van der Waals surface area contributed by atoms with Gasteiger partial charge >= 0.3 is 11.7 Å². The van der Waals surface area contributed by atoms with Crippen LogP contribution in [0.4, 0.5) is 0 Å². The fourth-order valence-electron chi connectivity index (χ4n) is 2.19. The number of nitrogens with zero attached hydrogens (tertiary/aromatic N) is 2. The molecule has 0 unspecified atom stereocenters. The normalized spacial score (nSPS) is 12.1. The monoisotopic (exact) mass is 359 g/mol. The topological polar surface area (TPSA) is 109 Å². The molecule has 7 nitrogen and oxygen atoms in total. The fraction of sp³-hybridized carbons (Fsp3) is 0.176. The molecule has 0 heterocycles. The van der Waals surface area contributed by atoms with Crippen molar-refractivity contribution in [3.63, 3.8) is 0 Å². The number of aryl methyl sites for hydroxylation is 1. The molecular weight excluding hydrogens is 342 g/mol. The number of ether oxygens (including phenoxy) is 1. The summed E-state index contributed by atoms with van der Waals surface area (Å²) in [5.74, 6) is -0.942. The smallest absolute Gasteiger partial charge is 0.418 e. The molecule has 0 aliphatic heterocycles. The van der Waals surface area contributed by atoms with Crippen molar-refractivity contribution in [3.05, 3.63) is 71.3 Å². The molecule has 2 rings (SSSR count). The molecule has 0 radical (unpaired) electrons. The summed E-state index contributed by atoms with van der Waals surface area (Å²) in [4.78, 5) is 14.8. The number of hydrogen-bond donors (Lipinski definition) is 1. The largest absolute Gasteiger partial charge is 0.460 e. The highest BCUT2D eigenvalue weighted by Gasteiger charge is 2.37. The molecule has 130 valence electrons. The molecule has 1 N–H and O–H groups in total. The first kappa shape index (κ1) is 18.5. The van der Waals surface area contributed by atoms with Crippen LogP contribution in [-0.2, 0) is 19.6 Å². The summed E-state index contributed by atoms with van der Waals surface area (Å²) < 4.78 is 32.3. The number of methoxy groups -OCH3 is 1. The quantitative estimate of drug-likeness (QED) is 0.367. The third kappa shape index (κ3) is 4.39. The van der Waals surface area contributed by atoms with Gasteiger partial charge in [0.2, 0.25) is 10.0 Å².